The number of anilines is 2. The van der Waals surface area contributed by atoms with E-state index in [1.165, 1.54) is 21.3 Å². The maximum Gasteiger partial charge on any atom is 0.339 e. The molecule has 0 saturated carbocycles. The Morgan fingerprint density at radius 3 is 2.21 bits per heavy atom. The first kappa shape index (κ1) is 25.1. The molecule has 2 aromatic rings. The molecule has 184 valence electrons. The van der Waals surface area contributed by atoms with Crippen LogP contribution in [0.3, 0.4) is 0 Å². The summed E-state index contributed by atoms with van der Waals surface area (Å²) in [5.41, 5.74) is 1.03. The molecule has 1 amide bonds. The molecular weight excluding hydrogens is 440 g/mol. The molecule has 0 atom stereocenters. The fraction of sp³-hybridized carbons (Fsp3) is 0.458. The van der Waals surface area contributed by atoms with Crippen molar-refractivity contribution in [2.45, 2.75) is 13.3 Å². The predicted molar refractivity (Wildman–Crippen MR) is 128 cm³/mol. The Balaban J connectivity index is 1.47. The molecule has 1 N–H and O–H groups in total. The minimum atomic E-state index is -0.365. The van der Waals surface area contributed by atoms with E-state index in [1.807, 2.05) is 6.07 Å². The summed E-state index contributed by atoms with van der Waals surface area (Å²) in [7, 11) is 4.60. The summed E-state index contributed by atoms with van der Waals surface area (Å²) < 4.78 is 21.0. The smallest absolute Gasteiger partial charge is 0.339 e. The number of amides is 1. The maximum atomic E-state index is 12.5. The van der Waals surface area contributed by atoms with Gasteiger partial charge in [0, 0.05) is 63.2 Å². The summed E-state index contributed by atoms with van der Waals surface area (Å²) in [6, 6.07) is 6.99. The molecule has 10 nitrogen and oxygen atoms in total. The summed E-state index contributed by atoms with van der Waals surface area (Å²) in [5, 5.41) is 2.90. The van der Waals surface area contributed by atoms with Gasteiger partial charge >= 0.3 is 5.97 Å². The maximum absolute atomic E-state index is 12.5. The van der Waals surface area contributed by atoms with Crippen LogP contribution in [-0.2, 0) is 9.53 Å². The number of benzene rings is 1. The predicted octanol–water partition coefficient (Wildman–Crippen LogP) is 2.43. The van der Waals surface area contributed by atoms with Crippen LogP contribution in [0.5, 0.6) is 17.2 Å². The first-order valence-electron chi connectivity index (χ1n) is 11.2. The van der Waals surface area contributed by atoms with Crippen LogP contribution >= 0.6 is 0 Å². The van der Waals surface area contributed by atoms with Crippen LogP contribution in [-0.4, -0.2) is 82.4 Å². The Hall–Kier alpha value is -3.53. The Labute approximate surface area is 199 Å². The van der Waals surface area contributed by atoms with Crippen molar-refractivity contribution in [1.29, 1.82) is 0 Å². The van der Waals surface area contributed by atoms with E-state index in [2.05, 4.69) is 20.1 Å². The van der Waals surface area contributed by atoms with Gasteiger partial charge in [-0.25, -0.2) is 9.78 Å². The number of hydrogen-bond donors (Lipinski definition) is 1. The third kappa shape index (κ3) is 6.28. The van der Waals surface area contributed by atoms with Gasteiger partial charge < -0.3 is 29.2 Å². The van der Waals surface area contributed by atoms with E-state index in [0.717, 1.165) is 32.0 Å². The lowest BCUT2D eigenvalue weighted by molar-refractivity contribution is -0.116. The number of rotatable bonds is 10. The Kier molecular flexibility index (Phi) is 8.92. The fourth-order valence-electron chi connectivity index (χ4n) is 3.75. The number of nitrogens with zero attached hydrogens (tertiary/aromatic N) is 3. The normalized spacial score (nSPS) is 13.8. The summed E-state index contributed by atoms with van der Waals surface area (Å²) >= 11 is 0. The molecule has 2 heterocycles. The lowest BCUT2D eigenvalue weighted by atomic mass is 10.2. The van der Waals surface area contributed by atoms with Crippen LogP contribution in [0.1, 0.15) is 23.7 Å². The van der Waals surface area contributed by atoms with Crippen molar-refractivity contribution in [2.24, 2.45) is 0 Å². The van der Waals surface area contributed by atoms with Gasteiger partial charge in [0.25, 0.3) is 0 Å². The summed E-state index contributed by atoms with van der Waals surface area (Å²) in [6.45, 7) is 5.98. The van der Waals surface area contributed by atoms with Crippen molar-refractivity contribution in [3.63, 3.8) is 0 Å². The second-order valence-electron chi connectivity index (χ2n) is 7.67. The van der Waals surface area contributed by atoms with Crippen LogP contribution in [0.25, 0.3) is 0 Å². The van der Waals surface area contributed by atoms with Crippen molar-refractivity contribution < 1.29 is 28.5 Å². The molecule has 1 aromatic heterocycles. The van der Waals surface area contributed by atoms with Gasteiger partial charge in [-0.05, 0) is 19.1 Å². The second kappa shape index (κ2) is 12.1. The Morgan fingerprint density at radius 2 is 1.68 bits per heavy atom. The monoisotopic (exact) mass is 472 g/mol. The number of pyridine rings is 1. The van der Waals surface area contributed by atoms with Gasteiger partial charge in [-0.2, -0.15) is 0 Å². The number of piperazine rings is 1. The van der Waals surface area contributed by atoms with Crippen molar-refractivity contribution in [3.05, 3.63) is 36.0 Å². The van der Waals surface area contributed by atoms with Crippen LogP contribution in [0.15, 0.2) is 30.5 Å². The summed E-state index contributed by atoms with van der Waals surface area (Å²) in [5.74, 6) is 1.82. The molecule has 34 heavy (non-hydrogen) atoms. The Morgan fingerprint density at radius 1 is 1.00 bits per heavy atom. The minimum Gasteiger partial charge on any atom is -0.493 e. The van der Waals surface area contributed by atoms with Crippen molar-refractivity contribution in [1.82, 2.24) is 9.88 Å². The highest BCUT2D eigenvalue weighted by Gasteiger charge is 2.20. The van der Waals surface area contributed by atoms with Crippen LogP contribution < -0.4 is 24.4 Å². The standard InChI is InChI=1S/C24H32N4O6/c1-5-34-24(30)17-6-7-21(25-16-17)28-12-10-27(11-13-28)9-8-22(29)26-18-14-19(31-2)23(33-4)20(15-18)32-3/h6-7,14-16H,5,8-13H2,1-4H3,(H,26,29). The van der Waals surface area contributed by atoms with Crippen molar-refractivity contribution >= 4 is 23.4 Å². The number of aromatic nitrogens is 1. The minimum absolute atomic E-state index is 0.0899. The molecule has 1 aromatic carbocycles. The molecule has 1 saturated heterocycles. The van der Waals surface area contributed by atoms with Crippen LogP contribution in [0.2, 0.25) is 0 Å². The summed E-state index contributed by atoms with van der Waals surface area (Å²) in [4.78, 5) is 33.1. The number of methoxy groups -OCH3 is 3. The second-order valence-corrected chi connectivity index (χ2v) is 7.67. The van der Waals surface area contributed by atoms with Crippen LogP contribution in [0, 0.1) is 0 Å². The first-order chi connectivity index (χ1) is 16.5. The summed E-state index contributed by atoms with van der Waals surface area (Å²) in [6.07, 6.45) is 1.91. The van der Waals surface area contributed by atoms with E-state index >= 15 is 0 Å². The highest BCUT2D eigenvalue weighted by Crippen LogP contribution is 2.39. The molecule has 0 radical (unpaired) electrons. The first-order valence-corrected chi connectivity index (χ1v) is 11.2. The third-order valence-electron chi connectivity index (χ3n) is 5.56. The largest absolute Gasteiger partial charge is 0.493 e. The topological polar surface area (TPSA) is 102 Å². The molecule has 1 aliphatic rings. The zero-order chi connectivity index (χ0) is 24.5. The van der Waals surface area contributed by atoms with Gasteiger partial charge in [-0.1, -0.05) is 0 Å². The number of carbonyl (C=O) groups excluding carboxylic acids is 2. The van der Waals surface area contributed by atoms with Gasteiger partial charge in [0.05, 0.1) is 33.5 Å². The van der Waals surface area contributed by atoms with E-state index in [-0.39, 0.29) is 11.9 Å². The zero-order valence-electron chi connectivity index (χ0n) is 20.1. The van der Waals surface area contributed by atoms with Gasteiger partial charge in [0.2, 0.25) is 11.7 Å². The molecule has 0 aliphatic carbocycles. The number of ether oxygens (including phenoxy) is 4. The molecule has 3 rings (SSSR count). The molecule has 0 spiro atoms. The quantitative estimate of drug-likeness (QED) is 0.522. The fourth-order valence-corrected chi connectivity index (χ4v) is 3.75. The zero-order valence-corrected chi connectivity index (χ0v) is 20.1. The number of hydrogen-bond acceptors (Lipinski definition) is 9. The van der Waals surface area contributed by atoms with Crippen molar-refractivity contribution in [2.75, 3.05) is 70.9 Å². The lowest BCUT2D eigenvalue weighted by Gasteiger charge is -2.35. The average molecular weight is 473 g/mol. The SMILES string of the molecule is CCOC(=O)c1ccc(N2CCN(CCC(=O)Nc3cc(OC)c(OC)c(OC)c3)CC2)nc1. The van der Waals surface area contributed by atoms with Crippen molar-refractivity contribution in [3.8, 4) is 17.2 Å². The molecule has 0 unspecified atom stereocenters. The van der Waals surface area contributed by atoms with Gasteiger partial charge in [-0.3, -0.25) is 9.69 Å². The van der Waals surface area contributed by atoms with Crippen LogP contribution in [0.4, 0.5) is 11.5 Å². The van der Waals surface area contributed by atoms with Gasteiger partial charge in [0.15, 0.2) is 11.5 Å². The van der Waals surface area contributed by atoms with E-state index in [9.17, 15) is 9.59 Å². The average Bonchev–Trinajstić information content (AvgIpc) is 2.87. The lowest BCUT2D eigenvalue weighted by Crippen LogP contribution is -2.47. The third-order valence-corrected chi connectivity index (χ3v) is 5.56. The highest BCUT2D eigenvalue weighted by atomic mass is 16.5. The molecule has 0 bridgehead atoms. The highest BCUT2D eigenvalue weighted by molar-refractivity contribution is 5.91. The number of nitrogens with one attached hydrogen (secondary N) is 1. The molecule has 1 fully saturated rings. The molecule has 10 heteroatoms. The molecular formula is C24H32N4O6. The van der Waals surface area contributed by atoms with E-state index in [1.54, 1.807) is 31.3 Å². The number of esters is 1. The van der Waals surface area contributed by atoms with Gasteiger partial charge in [-0.15, -0.1) is 0 Å². The van der Waals surface area contributed by atoms with E-state index in [4.69, 9.17) is 18.9 Å². The van der Waals surface area contributed by atoms with Gasteiger partial charge in [0.1, 0.15) is 5.82 Å². The Bertz CT molecular complexity index is 949. The number of carbonyl (C=O) groups is 2. The molecule has 1 aliphatic heterocycles. The van der Waals surface area contributed by atoms with E-state index in [0.29, 0.717) is 48.1 Å². The van der Waals surface area contributed by atoms with E-state index < -0.39 is 0 Å².